The van der Waals surface area contributed by atoms with Gasteiger partial charge in [-0.3, -0.25) is 0 Å². The normalized spacial score (nSPS) is 10.7. The van der Waals surface area contributed by atoms with E-state index >= 15 is 0 Å². The van der Waals surface area contributed by atoms with Crippen LogP contribution in [0.1, 0.15) is 11.3 Å². The fourth-order valence-electron chi connectivity index (χ4n) is 1.87. The van der Waals surface area contributed by atoms with Crippen LogP contribution < -0.4 is 4.73 Å². The van der Waals surface area contributed by atoms with Gasteiger partial charge in [0.1, 0.15) is 6.26 Å². The predicted octanol–water partition coefficient (Wildman–Crippen LogP) is 3.58. The molecule has 0 radical (unpaired) electrons. The molecule has 4 nitrogen and oxygen atoms in total. The van der Waals surface area contributed by atoms with Crippen LogP contribution in [0.5, 0.6) is 0 Å². The van der Waals surface area contributed by atoms with E-state index in [0.717, 1.165) is 16.0 Å². The van der Waals surface area contributed by atoms with Crippen molar-refractivity contribution in [2.75, 3.05) is 0 Å². The molecule has 0 aliphatic heterocycles. The lowest BCUT2D eigenvalue weighted by molar-refractivity contribution is -0.645. The van der Waals surface area contributed by atoms with Gasteiger partial charge in [0.05, 0.1) is 5.69 Å². The first-order chi connectivity index (χ1) is 10.2. The molecular formula is C16H14N2O2S. The summed E-state index contributed by atoms with van der Waals surface area (Å²) in [5, 5.41) is 12.2. The van der Waals surface area contributed by atoms with Crippen LogP contribution in [-0.4, -0.2) is 4.98 Å². The summed E-state index contributed by atoms with van der Waals surface area (Å²) in [7, 11) is 0. The van der Waals surface area contributed by atoms with Crippen molar-refractivity contribution in [3.63, 3.8) is 0 Å². The molecule has 0 aliphatic rings. The maximum Gasteiger partial charge on any atom is 0.251 e. The van der Waals surface area contributed by atoms with Crippen LogP contribution in [0.15, 0.2) is 64.4 Å². The van der Waals surface area contributed by atoms with E-state index in [2.05, 4.69) is 4.98 Å². The van der Waals surface area contributed by atoms with Crippen LogP contribution in [0.3, 0.4) is 0 Å². The average Bonchev–Trinajstić information content (AvgIpc) is 2.96. The van der Waals surface area contributed by atoms with Gasteiger partial charge in [0, 0.05) is 23.4 Å². The molecule has 0 atom stereocenters. The van der Waals surface area contributed by atoms with Crippen LogP contribution in [-0.2, 0) is 5.75 Å². The fourth-order valence-corrected chi connectivity index (χ4v) is 2.67. The third-order valence-electron chi connectivity index (χ3n) is 3.01. The lowest BCUT2D eigenvalue weighted by atomic mass is 10.1. The minimum absolute atomic E-state index is 0.599. The first kappa shape index (κ1) is 13.7. The first-order valence-corrected chi connectivity index (χ1v) is 7.53. The maximum atomic E-state index is 11.6. The van der Waals surface area contributed by atoms with Gasteiger partial charge in [0.25, 0.3) is 5.03 Å². The minimum atomic E-state index is 0.599. The lowest BCUT2D eigenvalue weighted by Gasteiger charge is -2.01. The summed E-state index contributed by atoms with van der Waals surface area (Å²) in [6.07, 6.45) is 3.13. The second kappa shape index (κ2) is 6.01. The van der Waals surface area contributed by atoms with Crippen molar-refractivity contribution < 1.29 is 9.15 Å². The van der Waals surface area contributed by atoms with Gasteiger partial charge in [-0.15, -0.1) is 0 Å². The Kier molecular flexibility index (Phi) is 3.92. The number of benzene rings is 1. The van der Waals surface area contributed by atoms with Crippen LogP contribution in [0.4, 0.5) is 0 Å². The molecule has 5 heteroatoms. The number of oxazole rings is 1. The molecular weight excluding hydrogens is 284 g/mol. The highest BCUT2D eigenvalue weighted by molar-refractivity contribution is 7.98. The zero-order valence-corrected chi connectivity index (χ0v) is 12.3. The third-order valence-corrected chi connectivity index (χ3v) is 4.06. The molecule has 0 saturated carbocycles. The summed E-state index contributed by atoms with van der Waals surface area (Å²) in [5.74, 6) is 1.20. The summed E-state index contributed by atoms with van der Waals surface area (Å²) < 4.78 is 6.35. The molecule has 2 heterocycles. The second-order valence-electron chi connectivity index (χ2n) is 4.66. The van der Waals surface area contributed by atoms with Crippen molar-refractivity contribution in [3.8, 4) is 11.5 Å². The molecule has 0 aliphatic carbocycles. The van der Waals surface area contributed by atoms with E-state index in [-0.39, 0.29) is 0 Å². The molecule has 3 aromatic rings. The molecule has 21 heavy (non-hydrogen) atoms. The number of nitrogens with zero attached hydrogens (tertiary/aromatic N) is 2. The molecule has 0 spiro atoms. The molecule has 0 amide bonds. The van der Waals surface area contributed by atoms with Crippen LogP contribution in [0.2, 0.25) is 0 Å². The van der Waals surface area contributed by atoms with Crippen molar-refractivity contribution in [2.24, 2.45) is 0 Å². The summed E-state index contributed by atoms with van der Waals surface area (Å²) in [4.78, 5) is 4.46. The lowest BCUT2D eigenvalue weighted by Crippen LogP contribution is -2.27. The predicted molar refractivity (Wildman–Crippen MR) is 81.6 cm³/mol. The van der Waals surface area contributed by atoms with Gasteiger partial charge < -0.3 is 9.62 Å². The molecule has 0 bridgehead atoms. The Morgan fingerprint density at radius 3 is 2.76 bits per heavy atom. The summed E-state index contributed by atoms with van der Waals surface area (Å²) in [5.41, 5.74) is 2.97. The van der Waals surface area contributed by atoms with Gasteiger partial charge in [-0.25, -0.2) is 4.98 Å². The number of hydrogen-bond acceptors (Lipinski definition) is 4. The fraction of sp³-hybridized carbons (Fsp3) is 0.125. The second-order valence-corrected chi connectivity index (χ2v) is 5.66. The summed E-state index contributed by atoms with van der Waals surface area (Å²) in [6.45, 7) is 2.04. The SMILES string of the molecule is Cc1ccc(-c2nc(CSc3cccc[n+]3[O-])co2)cc1. The number of aromatic nitrogens is 2. The van der Waals surface area contributed by atoms with E-state index in [9.17, 15) is 5.21 Å². The monoisotopic (exact) mass is 298 g/mol. The van der Waals surface area contributed by atoms with Gasteiger partial charge in [-0.05, 0) is 36.9 Å². The highest BCUT2D eigenvalue weighted by atomic mass is 32.2. The number of hydrogen-bond donors (Lipinski definition) is 0. The van der Waals surface area contributed by atoms with Gasteiger partial charge in [-0.2, -0.15) is 4.73 Å². The van der Waals surface area contributed by atoms with Crippen LogP contribution >= 0.6 is 11.8 Å². The molecule has 3 rings (SSSR count). The molecule has 0 saturated heterocycles. The van der Waals surface area contributed by atoms with E-state index in [4.69, 9.17) is 4.42 Å². The highest BCUT2D eigenvalue weighted by Gasteiger charge is 2.10. The Hall–Kier alpha value is -2.27. The maximum absolute atomic E-state index is 11.6. The molecule has 0 fully saturated rings. The summed E-state index contributed by atoms with van der Waals surface area (Å²) >= 11 is 1.44. The Morgan fingerprint density at radius 1 is 1.19 bits per heavy atom. The van der Waals surface area contributed by atoms with E-state index in [1.54, 1.807) is 18.4 Å². The average molecular weight is 298 g/mol. The Balaban J connectivity index is 1.71. The van der Waals surface area contributed by atoms with E-state index < -0.39 is 0 Å². The Labute approximate surface area is 127 Å². The Morgan fingerprint density at radius 2 is 2.00 bits per heavy atom. The number of rotatable bonds is 4. The van der Waals surface area contributed by atoms with E-state index in [1.807, 2.05) is 37.3 Å². The molecule has 0 unspecified atom stereocenters. The van der Waals surface area contributed by atoms with Crippen LogP contribution in [0.25, 0.3) is 11.5 Å². The topological polar surface area (TPSA) is 53.0 Å². The van der Waals surface area contributed by atoms with Crippen molar-refractivity contribution in [3.05, 3.63) is 71.4 Å². The number of aryl methyl sites for hydroxylation is 1. The number of pyridine rings is 1. The molecule has 0 N–H and O–H groups in total. The zero-order valence-electron chi connectivity index (χ0n) is 11.5. The summed E-state index contributed by atoms with van der Waals surface area (Å²) in [6, 6.07) is 13.4. The zero-order chi connectivity index (χ0) is 14.7. The van der Waals surface area contributed by atoms with Gasteiger partial charge in [0.15, 0.2) is 6.20 Å². The van der Waals surface area contributed by atoms with Crippen molar-refractivity contribution in [2.45, 2.75) is 17.7 Å². The van der Waals surface area contributed by atoms with Crippen molar-refractivity contribution in [1.29, 1.82) is 0 Å². The molecule has 1 aromatic carbocycles. The largest absolute Gasteiger partial charge is 0.618 e. The third kappa shape index (κ3) is 3.25. The first-order valence-electron chi connectivity index (χ1n) is 6.55. The number of thioether (sulfide) groups is 1. The molecule has 2 aromatic heterocycles. The quantitative estimate of drug-likeness (QED) is 0.420. The van der Waals surface area contributed by atoms with Crippen molar-refractivity contribution >= 4 is 11.8 Å². The van der Waals surface area contributed by atoms with Gasteiger partial charge in [-0.1, -0.05) is 17.7 Å². The van der Waals surface area contributed by atoms with Gasteiger partial charge >= 0.3 is 0 Å². The Bertz CT molecular complexity index is 738. The molecule has 106 valence electrons. The van der Waals surface area contributed by atoms with E-state index in [1.165, 1.54) is 23.5 Å². The standard InChI is InChI=1S/C16H14N2O2S/c1-12-5-7-13(8-6-12)16-17-14(10-20-16)11-21-15-4-2-3-9-18(15)19/h2-10H,11H2,1H3. The smallest absolute Gasteiger partial charge is 0.251 e. The van der Waals surface area contributed by atoms with Crippen molar-refractivity contribution in [1.82, 2.24) is 4.98 Å². The van der Waals surface area contributed by atoms with E-state index in [0.29, 0.717) is 16.7 Å². The van der Waals surface area contributed by atoms with Gasteiger partial charge in [0.2, 0.25) is 5.89 Å². The van der Waals surface area contributed by atoms with Crippen LogP contribution in [0, 0.1) is 12.1 Å². The minimum Gasteiger partial charge on any atom is -0.618 e. The highest BCUT2D eigenvalue weighted by Crippen LogP contribution is 2.23.